The average molecular weight is 644 g/mol. The molecule has 50 heavy (non-hydrogen) atoms. The summed E-state index contributed by atoms with van der Waals surface area (Å²) in [4.78, 5) is 2.37. The van der Waals surface area contributed by atoms with Gasteiger partial charge in [-0.15, -0.1) is 0 Å². The molecule has 0 aliphatic heterocycles. The van der Waals surface area contributed by atoms with Gasteiger partial charge in [0.2, 0.25) is 0 Å². The molecule has 1 unspecified atom stereocenters. The molecule has 0 amide bonds. The molecule has 0 saturated heterocycles. The van der Waals surface area contributed by atoms with Crippen LogP contribution in [0.3, 0.4) is 0 Å². The van der Waals surface area contributed by atoms with Crippen LogP contribution in [0.25, 0.3) is 28.3 Å². The highest BCUT2D eigenvalue weighted by Gasteiger charge is 2.46. The summed E-state index contributed by atoms with van der Waals surface area (Å²) in [5.41, 5.74) is 15.4. The largest absolute Gasteiger partial charge is 0.310 e. The van der Waals surface area contributed by atoms with Crippen molar-refractivity contribution < 1.29 is 0 Å². The fourth-order valence-electron chi connectivity index (χ4n) is 7.74. The molecule has 7 aromatic carbocycles. The lowest BCUT2D eigenvalue weighted by molar-refractivity contribution is 0.589. The summed E-state index contributed by atoms with van der Waals surface area (Å²) in [6, 6.07) is 64.7. The Bertz CT molecular complexity index is 2240. The van der Waals surface area contributed by atoms with Gasteiger partial charge in [-0.25, -0.2) is 0 Å². The van der Waals surface area contributed by atoms with E-state index in [2.05, 4.69) is 208 Å². The lowest BCUT2D eigenvalue weighted by Crippen LogP contribution is -2.29. The second-order valence-corrected chi connectivity index (χ2v) is 14.3. The molecular weight excluding hydrogens is 603 g/mol. The molecule has 1 aliphatic rings. The van der Waals surface area contributed by atoms with Gasteiger partial charge in [0.1, 0.15) is 0 Å². The third-order valence-electron chi connectivity index (χ3n) is 10.3. The highest BCUT2D eigenvalue weighted by Crippen LogP contribution is 2.57. The van der Waals surface area contributed by atoms with E-state index in [-0.39, 0.29) is 5.41 Å². The topological polar surface area (TPSA) is 3.24 Å². The summed E-state index contributed by atoms with van der Waals surface area (Å²) in [6.45, 7) is 10.8. The average Bonchev–Trinajstić information content (AvgIpc) is 3.46. The molecule has 0 spiro atoms. The lowest BCUT2D eigenvalue weighted by atomic mass is 9.67. The number of benzene rings is 7. The maximum absolute atomic E-state index is 3.93. The fourth-order valence-corrected chi connectivity index (χ4v) is 7.74. The Morgan fingerprint density at radius 3 is 1.54 bits per heavy atom. The maximum Gasteiger partial charge on any atom is 0.0714 e. The summed E-state index contributed by atoms with van der Waals surface area (Å²) in [7, 11) is 0. The van der Waals surface area contributed by atoms with Crippen LogP contribution in [0.1, 0.15) is 54.2 Å². The standard InChI is InChI=1S/C49H41N/c1-5-35-20-22-36(23-21-35)37-24-26-39(27-25-37)49(40-30-28-38(29-31-40)48(2,3)4)46-19-13-12-18-44(46)45-33-32-43(34-47(45)49)50(41-14-8-6-9-15-41)42-16-10-7-11-17-42/h5-34H,1H2,2-4H3. The van der Waals surface area contributed by atoms with Crippen LogP contribution < -0.4 is 4.90 Å². The Morgan fingerprint density at radius 2 is 0.980 bits per heavy atom. The van der Waals surface area contributed by atoms with E-state index in [1.54, 1.807) is 0 Å². The van der Waals surface area contributed by atoms with E-state index in [0.29, 0.717) is 0 Å². The van der Waals surface area contributed by atoms with Crippen LogP contribution >= 0.6 is 0 Å². The van der Waals surface area contributed by atoms with Gasteiger partial charge in [0.15, 0.2) is 0 Å². The van der Waals surface area contributed by atoms with Gasteiger partial charge in [-0.2, -0.15) is 0 Å². The number of fused-ring (bicyclic) bond motifs is 3. The molecule has 1 aliphatic carbocycles. The van der Waals surface area contributed by atoms with Gasteiger partial charge in [-0.1, -0.05) is 173 Å². The van der Waals surface area contributed by atoms with Gasteiger partial charge in [0, 0.05) is 17.1 Å². The van der Waals surface area contributed by atoms with Crippen molar-refractivity contribution in [3.63, 3.8) is 0 Å². The normalized spacial score (nSPS) is 14.9. The molecule has 0 fully saturated rings. The molecule has 1 nitrogen and oxygen atoms in total. The molecule has 0 heterocycles. The number of nitrogens with zero attached hydrogens (tertiary/aromatic N) is 1. The first kappa shape index (κ1) is 31.4. The first-order chi connectivity index (χ1) is 24.4. The van der Waals surface area contributed by atoms with Gasteiger partial charge in [0.25, 0.3) is 0 Å². The highest BCUT2D eigenvalue weighted by atomic mass is 15.1. The van der Waals surface area contributed by atoms with Crippen molar-refractivity contribution in [1.29, 1.82) is 0 Å². The zero-order valence-corrected chi connectivity index (χ0v) is 29.0. The van der Waals surface area contributed by atoms with Gasteiger partial charge in [0.05, 0.1) is 5.41 Å². The summed E-state index contributed by atoms with van der Waals surface area (Å²) in [6.07, 6.45) is 1.89. The minimum Gasteiger partial charge on any atom is -0.310 e. The van der Waals surface area contributed by atoms with Crippen LogP contribution in [0.5, 0.6) is 0 Å². The van der Waals surface area contributed by atoms with Crippen molar-refractivity contribution in [3.8, 4) is 22.3 Å². The Labute approximate surface area is 296 Å². The van der Waals surface area contributed by atoms with E-state index >= 15 is 0 Å². The zero-order chi connectivity index (χ0) is 34.3. The van der Waals surface area contributed by atoms with E-state index < -0.39 is 5.41 Å². The summed E-state index contributed by atoms with van der Waals surface area (Å²) >= 11 is 0. The van der Waals surface area contributed by atoms with Gasteiger partial charge >= 0.3 is 0 Å². The summed E-state index contributed by atoms with van der Waals surface area (Å²) in [5.74, 6) is 0. The molecule has 242 valence electrons. The number of anilines is 3. The molecule has 7 aromatic rings. The number of hydrogen-bond acceptors (Lipinski definition) is 1. The maximum atomic E-state index is 3.93. The van der Waals surface area contributed by atoms with Gasteiger partial charge in [-0.05, 0) is 97.4 Å². The van der Waals surface area contributed by atoms with Gasteiger partial charge < -0.3 is 4.90 Å². The number of rotatable bonds is 7. The second-order valence-electron chi connectivity index (χ2n) is 14.3. The van der Waals surface area contributed by atoms with Crippen LogP contribution in [0, 0.1) is 0 Å². The van der Waals surface area contributed by atoms with Crippen molar-refractivity contribution >= 4 is 23.1 Å². The van der Waals surface area contributed by atoms with Gasteiger partial charge in [-0.3, -0.25) is 0 Å². The first-order valence-electron chi connectivity index (χ1n) is 17.5. The molecule has 0 bridgehead atoms. The predicted octanol–water partition coefficient (Wildman–Crippen LogP) is 13.1. The van der Waals surface area contributed by atoms with Crippen molar-refractivity contribution in [2.24, 2.45) is 0 Å². The van der Waals surface area contributed by atoms with Crippen molar-refractivity contribution in [3.05, 3.63) is 216 Å². The fraction of sp³-hybridized carbons (Fsp3) is 0.102. The van der Waals surface area contributed by atoms with Crippen molar-refractivity contribution in [2.75, 3.05) is 4.90 Å². The van der Waals surface area contributed by atoms with Crippen molar-refractivity contribution in [1.82, 2.24) is 0 Å². The monoisotopic (exact) mass is 643 g/mol. The van der Waals surface area contributed by atoms with Crippen LogP contribution in [-0.2, 0) is 10.8 Å². The van der Waals surface area contributed by atoms with E-state index in [1.165, 1.54) is 50.1 Å². The Hall–Kier alpha value is -5.92. The molecule has 1 heteroatoms. The van der Waals surface area contributed by atoms with E-state index in [1.807, 2.05) is 6.08 Å². The number of hydrogen-bond donors (Lipinski definition) is 0. The third kappa shape index (κ3) is 5.27. The number of para-hydroxylation sites is 2. The predicted molar refractivity (Wildman–Crippen MR) is 213 cm³/mol. The van der Waals surface area contributed by atoms with Crippen LogP contribution in [0.2, 0.25) is 0 Å². The molecule has 1 atom stereocenters. The first-order valence-corrected chi connectivity index (χ1v) is 17.5. The molecule has 0 aromatic heterocycles. The minimum absolute atomic E-state index is 0.0546. The zero-order valence-electron chi connectivity index (χ0n) is 29.0. The summed E-state index contributed by atoms with van der Waals surface area (Å²) < 4.78 is 0. The Kier molecular flexibility index (Phi) is 7.85. The molecule has 8 rings (SSSR count). The second kappa shape index (κ2) is 12.5. The SMILES string of the molecule is C=Cc1ccc(-c2ccc(C3(c4ccc(C(C)(C)C)cc4)c4ccccc4-c4ccc(N(c5ccccc5)c5ccccc5)cc43)cc2)cc1. The Balaban J connectivity index is 1.39. The van der Waals surface area contributed by atoms with Crippen molar-refractivity contribution in [2.45, 2.75) is 31.6 Å². The van der Waals surface area contributed by atoms with Crippen LogP contribution in [0.4, 0.5) is 17.1 Å². The molecule has 0 saturated carbocycles. The van der Waals surface area contributed by atoms with E-state index in [4.69, 9.17) is 0 Å². The highest BCUT2D eigenvalue weighted by molar-refractivity contribution is 5.89. The minimum atomic E-state index is -0.525. The van der Waals surface area contributed by atoms with Crippen LogP contribution in [-0.4, -0.2) is 0 Å². The lowest BCUT2D eigenvalue weighted by Gasteiger charge is -2.35. The molecular formula is C49H41N. The summed E-state index contributed by atoms with van der Waals surface area (Å²) in [5, 5.41) is 0. The molecule has 0 radical (unpaired) electrons. The van der Waals surface area contributed by atoms with E-state index in [0.717, 1.165) is 22.6 Å². The molecule has 0 N–H and O–H groups in total. The van der Waals surface area contributed by atoms with E-state index in [9.17, 15) is 0 Å². The quantitative estimate of drug-likeness (QED) is 0.167. The Morgan fingerprint density at radius 1 is 0.480 bits per heavy atom. The third-order valence-corrected chi connectivity index (χ3v) is 10.3. The smallest absolute Gasteiger partial charge is 0.0714 e. The van der Waals surface area contributed by atoms with Crippen LogP contribution in [0.15, 0.2) is 183 Å².